The highest BCUT2D eigenvalue weighted by Crippen LogP contribution is 2.12. The summed E-state index contributed by atoms with van der Waals surface area (Å²) in [5, 5.41) is 0. The minimum absolute atomic E-state index is 0.119. The molecule has 0 aliphatic carbocycles. The first-order chi connectivity index (χ1) is 32.0. The molecule has 0 unspecified atom stereocenters. The first kappa shape index (κ1) is 61.1. The van der Waals surface area contributed by atoms with Gasteiger partial charge >= 0.3 is 17.9 Å². The molecule has 65 heavy (non-hydrogen) atoms. The van der Waals surface area contributed by atoms with Crippen LogP contribution in [0, 0.1) is 0 Å². The van der Waals surface area contributed by atoms with Crippen molar-refractivity contribution in [3.63, 3.8) is 0 Å². The maximum Gasteiger partial charge on any atom is 0.306 e. The van der Waals surface area contributed by atoms with E-state index in [4.69, 9.17) is 14.2 Å². The number of carbonyl (C=O) groups excluding carboxylic acids is 3. The van der Waals surface area contributed by atoms with Crippen molar-refractivity contribution in [3.8, 4) is 0 Å². The number of carbonyl (C=O) groups is 3. The number of esters is 3. The van der Waals surface area contributed by atoms with E-state index in [9.17, 15) is 14.4 Å². The molecule has 0 saturated carbocycles. The third kappa shape index (κ3) is 50.9. The maximum absolute atomic E-state index is 12.8. The molecule has 0 heterocycles. The van der Waals surface area contributed by atoms with Crippen molar-refractivity contribution >= 4 is 17.9 Å². The van der Waals surface area contributed by atoms with Gasteiger partial charge in [-0.2, -0.15) is 0 Å². The Balaban J connectivity index is 4.56. The van der Waals surface area contributed by atoms with Crippen LogP contribution in [0.4, 0.5) is 0 Å². The van der Waals surface area contributed by atoms with Crippen LogP contribution in [0.15, 0.2) is 109 Å². The lowest BCUT2D eigenvalue weighted by Crippen LogP contribution is -2.30. The van der Waals surface area contributed by atoms with Gasteiger partial charge in [0, 0.05) is 19.3 Å². The van der Waals surface area contributed by atoms with E-state index in [0.29, 0.717) is 19.3 Å². The summed E-state index contributed by atoms with van der Waals surface area (Å²) in [6, 6.07) is 0. The van der Waals surface area contributed by atoms with Crippen LogP contribution in [0.1, 0.15) is 226 Å². The predicted octanol–water partition coefficient (Wildman–Crippen LogP) is 17.5. The zero-order valence-electron chi connectivity index (χ0n) is 42.0. The fourth-order valence-corrected chi connectivity index (χ4v) is 6.79. The highest BCUT2D eigenvalue weighted by atomic mass is 16.6. The quantitative estimate of drug-likeness (QED) is 0.0262. The van der Waals surface area contributed by atoms with E-state index in [1.807, 2.05) is 12.2 Å². The second-order valence-electron chi connectivity index (χ2n) is 17.0. The van der Waals surface area contributed by atoms with Gasteiger partial charge in [0.25, 0.3) is 0 Å². The van der Waals surface area contributed by atoms with E-state index in [0.717, 1.165) is 116 Å². The molecule has 0 spiro atoms. The number of hydrogen-bond donors (Lipinski definition) is 0. The van der Waals surface area contributed by atoms with Gasteiger partial charge < -0.3 is 14.2 Å². The second kappa shape index (κ2) is 52.7. The monoisotopic (exact) mass is 901 g/mol. The molecule has 0 aromatic rings. The zero-order valence-corrected chi connectivity index (χ0v) is 42.0. The van der Waals surface area contributed by atoms with Crippen molar-refractivity contribution in [2.75, 3.05) is 13.2 Å². The fraction of sp³-hybridized carbons (Fsp3) is 0.644. The summed E-state index contributed by atoms with van der Waals surface area (Å²) in [7, 11) is 0. The van der Waals surface area contributed by atoms with E-state index in [2.05, 4.69) is 118 Å². The smallest absolute Gasteiger partial charge is 0.306 e. The van der Waals surface area contributed by atoms with Crippen molar-refractivity contribution in [1.82, 2.24) is 0 Å². The lowest BCUT2D eigenvalue weighted by Gasteiger charge is -2.18. The molecule has 0 aromatic heterocycles. The van der Waals surface area contributed by atoms with E-state index in [1.165, 1.54) is 64.2 Å². The molecule has 0 aliphatic heterocycles. The van der Waals surface area contributed by atoms with Gasteiger partial charge in [0.2, 0.25) is 0 Å². The Labute approximate surface area is 400 Å². The summed E-state index contributed by atoms with van der Waals surface area (Å²) in [5.74, 6) is -1.03. The van der Waals surface area contributed by atoms with Crippen molar-refractivity contribution in [2.45, 2.75) is 232 Å². The number of ether oxygens (including phenoxy) is 3. The summed E-state index contributed by atoms with van der Waals surface area (Å²) in [4.78, 5) is 38.0. The number of allylic oxidation sites excluding steroid dienone is 18. The predicted molar refractivity (Wildman–Crippen MR) is 279 cm³/mol. The average molecular weight is 901 g/mol. The van der Waals surface area contributed by atoms with Crippen LogP contribution in [-0.2, 0) is 28.6 Å². The van der Waals surface area contributed by atoms with Crippen molar-refractivity contribution in [3.05, 3.63) is 109 Å². The van der Waals surface area contributed by atoms with E-state index in [-0.39, 0.29) is 31.6 Å². The number of hydrogen-bond acceptors (Lipinski definition) is 6. The molecule has 1 atom stereocenters. The zero-order chi connectivity index (χ0) is 47.2. The number of unbranched alkanes of at least 4 members (excludes halogenated alkanes) is 17. The molecule has 368 valence electrons. The minimum atomic E-state index is -0.829. The van der Waals surface area contributed by atoms with Gasteiger partial charge in [-0.1, -0.05) is 201 Å². The molecule has 6 nitrogen and oxygen atoms in total. The third-order valence-corrected chi connectivity index (χ3v) is 10.7. The molecule has 0 saturated heterocycles. The molecule has 0 aliphatic rings. The van der Waals surface area contributed by atoms with Crippen LogP contribution >= 0.6 is 0 Å². The highest BCUT2D eigenvalue weighted by molar-refractivity contribution is 5.71. The molecule has 0 aromatic carbocycles. The van der Waals surface area contributed by atoms with Crippen LogP contribution in [0.5, 0.6) is 0 Å². The lowest BCUT2D eigenvalue weighted by molar-refractivity contribution is -0.166. The molecule has 0 amide bonds. The molecular weight excluding hydrogens is 805 g/mol. The van der Waals surface area contributed by atoms with Gasteiger partial charge in [0.1, 0.15) is 13.2 Å². The van der Waals surface area contributed by atoms with Crippen molar-refractivity contribution in [2.24, 2.45) is 0 Å². The molecule has 6 heteroatoms. The Morgan fingerprint density at radius 2 is 0.631 bits per heavy atom. The first-order valence-electron chi connectivity index (χ1n) is 26.4. The van der Waals surface area contributed by atoms with Crippen LogP contribution < -0.4 is 0 Å². The standard InChI is InChI=1S/C59H96O6/c1-4-7-10-13-16-19-22-25-27-28-29-30-32-35-38-41-44-47-50-53-59(62)65-56(54-63-57(60)51-48-45-42-39-36-33-24-21-18-15-12-9-6-3)55-64-58(61)52-49-46-43-40-37-34-31-26-23-20-17-14-11-8-5-2/h7,10,16-17,19-21,24-27,29-31,35,38,44,47,56H,4-6,8-9,11-15,18,22-23,28,32-34,36-37,39-43,45-46,48-55H2,1-3H3/b10-7-,19-16-,20-17-,24-21-,27-25-,30-29-,31-26-,38-35-,47-44-/t56-/m0/s1. The van der Waals surface area contributed by atoms with Crippen LogP contribution in [0.25, 0.3) is 0 Å². The van der Waals surface area contributed by atoms with E-state index >= 15 is 0 Å². The maximum atomic E-state index is 12.8. The Morgan fingerprint density at radius 3 is 1.05 bits per heavy atom. The lowest BCUT2D eigenvalue weighted by atomic mass is 10.1. The number of rotatable bonds is 46. The summed E-state index contributed by atoms with van der Waals surface area (Å²) in [6.07, 6.45) is 70.8. The molecule has 0 bridgehead atoms. The Hall–Kier alpha value is -3.93. The van der Waals surface area contributed by atoms with Crippen molar-refractivity contribution in [1.29, 1.82) is 0 Å². The van der Waals surface area contributed by atoms with Gasteiger partial charge in [-0.25, -0.2) is 0 Å². The summed E-state index contributed by atoms with van der Waals surface area (Å²) in [6.45, 7) is 6.39. The summed E-state index contributed by atoms with van der Waals surface area (Å²) < 4.78 is 16.7. The largest absolute Gasteiger partial charge is 0.462 e. The Bertz CT molecular complexity index is 1360. The molecule has 0 N–H and O–H groups in total. The first-order valence-corrected chi connectivity index (χ1v) is 26.4. The molecule has 0 radical (unpaired) electrons. The molecular formula is C59H96O6. The van der Waals surface area contributed by atoms with E-state index < -0.39 is 12.1 Å². The van der Waals surface area contributed by atoms with Gasteiger partial charge in [-0.3, -0.25) is 14.4 Å². The SMILES string of the molecule is CC/C=C\C/C=C\C/C=C\C/C=C\C/C=C\C/C=C\CCC(=O)O[C@H](COC(=O)CCCCCCC/C=C\C/C=C\CCCCC)COC(=O)CCCCCCC/C=C\CCCCCC. The highest BCUT2D eigenvalue weighted by Gasteiger charge is 2.19. The minimum Gasteiger partial charge on any atom is -0.462 e. The normalized spacial score (nSPS) is 13.0. The van der Waals surface area contributed by atoms with Gasteiger partial charge in [-0.05, 0) is 116 Å². The van der Waals surface area contributed by atoms with Crippen LogP contribution in [0.2, 0.25) is 0 Å². The van der Waals surface area contributed by atoms with E-state index in [1.54, 1.807) is 0 Å². The topological polar surface area (TPSA) is 78.9 Å². The van der Waals surface area contributed by atoms with Crippen LogP contribution in [0.3, 0.4) is 0 Å². The molecule has 0 fully saturated rings. The van der Waals surface area contributed by atoms with Crippen molar-refractivity contribution < 1.29 is 28.6 Å². The van der Waals surface area contributed by atoms with Gasteiger partial charge in [0.15, 0.2) is 6.10 Å². The Kier molecular flexibility index (Phi) is 49.5. The fourth-order valence-electron chi connectivity index (χ4n) is 6.79. The average Bonchev–Trinajstić information content (AvgIpc) is 3.30. The summed E-state index contributed by atoms with van der Waals surface area (Å²) >= 11 is 0. The third-order valence-electron chi connectivity index (χ3n) is 10.7. The van der Waals surface area contributed by atoms with Crippen LogP contribution in [-0.4, -0.2) is 37.2 Å². The van der Waals surface area contributed by atoms with Gasteiger partial charge in [0.05, 0.1) is 0 Å². The second-order valence-corrected chi connectivity index (χ2v) is 17.0. The summed E-state index contributed by atoms with van der Waals surface area (Å²) in [5.41, 5.74) is 0. The molecule has 0 rings (SSSR count). The Morgan fingerprint density at radius 1 is 0.323 bits per heavy atom. The van der Waals surface area contributed by atoms with Gasteiger partial charge in [-0.15, -0.1) is 0 Å².